The monoisotopic (exact) mass is 465 g/mol. The average Bonchev–Trinajstić information content (AvgIpc) is 3.17. The number of ether oxygens (including phenoxy) is 1. The fourth-order valence-electron chi connectivity index (χ4n) is 4.39. The summed E-state index contributed by atoms with van der Waals surface area (Å²) < 4.78 is 5.53. The maximum Gasteiger partial charge on any atom is 0.409 e. The summed E-state index contributed by atoms with van der Waals surface area (Å²) >= 11 is 1.53. The van der Waals surface area contributed by atoms with Crippen LogP contribution in [0.5, 0.6) is 0 Å². The number of allylic oxidation sites excluding steroid dienone is 1. The molecule has 8 heteroatoms. The molecule has 172 valence electrons. The zero-order chi connectivity index (χ0) is 23.2. The summed E-state index contributed by atoms with van der Waals surface area (Å²) in [6.45, 7) is 1.28. The Kier molecular flexibility index (Phi) is 7.53. The number of amides is 1. The number of aliphatic hydroxyl groups is 1. The molecule has 1 aliphatic carbocycles. The highest BCUT2D eigenvalue weighted by atomic mass is 32.1. The molecule has 0 bridgehead atoms. The van der Waals surface area contributed by atoms with Crippen LogP contribution >= 0.6 is 11.3 Å². The van der Waals surface area contributed by atoms with Gasteiger partial charge in [-0.3, -0.25) is 9.78 Å². The summed E-state index contributed by atoms with van der Waals surface area (Å²) in [6.07, 6.45) is 9.84. The standard InChI is InChI=1S/C25H27N3O4S/c26-13-22-21-8-6-18(16-32-25(31)28-10-2-4-20(30)15-28)11-23(21)33-24(22)12-19(29)7-5-17-3-1-9-27-14-17/h1,3,5,7,9,14,18,20,30H,2,4,6,8,10-12,15-16H2/b7-5+/t18-,20+/m1/s1. The van der Waals surface area contributed by atoms with Crippen LogP contribution in [0.1, 0.15) is 45.7 Å². The minimum absolute atomic E-state index is 0.0526. The van der Waals surface area contributed by atoms with E-state index in [4.69, 9.17) is 4.74 Å². The van der Waals surface area contributed by atoms with Gasteiger partial charge in [0.2, 0.25) is 0 Å². The van der Waals surface area contributed by atoms with Crippen LogP contribution < -0.4 is 0 Å². The summed E-state index contributed by atoms with van der Waals surface area (Å²) in [4.78, 5) is 32.3. The van der Waals surface area contributed by atoms with Crippen molar-refractivity contribution >= 4 is 29.3 Å². The number of rotatable bonds is 6. The van der Waals surface area contributed by atoms with Crippen LogP contribution in [0, 0.1) is 17.2 Å². The fraction of sp³-hybridized carbons (Fsp3) is 0.440. The predicted molar refractivity (Wildman–Crippen MR) is 125 cm³/mol. The highest BCUT2D eigenvalue weighted by Crippen LogP contribution is 2.36. The number of aliphatic hydroxyl groups excluding tert-OH is 1. The molecule has 0 unspecified atom stereocenters. The molecule has 2 aromatic heterocycles. The van der Waals surface area contributed by atoms with Gasteiger partial charge in [-0.25, -0.2) is 4.79 Å². The number of thiophene rings is 1. The number of nitriles is 1. The van der Waals surface area contributed by atoms with Gasteiger partial charge in [-0.1, -0.05) is 6.07 Å². The molecule has 33 heavy (non-hydrogen) atoms. The van der Waals surface area contributed by atoms with E-state index in [0.29, 0.717) is 25.3 Å². The second-order valence-corrected chi connectivity index (χ2v) is 9.79. The van der Waals surface area contributed by atoms with Crippen molar-refractivity contribution in [3.63, 3.8) is 0 Å². The van der Waals surface area contributed by atoms with Gasteiger partial charge in [0.15, 0.2) is 5.78 Å². The lowest BCUT2D eigenvalue weighted by atomic mass is 9.87. The number of hydrogen-bond donors (Lipinski definition) is 1. The fourth-order valence-corrected chi connectivity index (χ4v) is 5.82. The Labute approximate surface area is 197 Å². The van der Waals surface area contributed by atoms with Crippen LogP contribution in [0.3, 0.4) is 0 Å². The molecule has 1 aliphatic heterocycles. The van der Waals surface area contributed by atoms with Crippen molar-refractivity contribution in [3.05, 3.63) is 57.0 Å². The number of hydrogen-bond acceptors (Lipinski definition) is 7. The summed E-state index contributed by atoms with van der Waals surface area (Å²) in [7, 11) is 0. The highest BCUT2D eigenvalue weighted by Gasteiger charge is 2.28. The summed E-state index contributed by atoms with van der Waals surface area (Å²) in [6, 6.07) is 5.99. The molecule has 0 aromatic carbocycles. The topological polar surface area (TPSA) is 104 Å². The molecule has 2 atom stereocenters. The van der Waals surface area contributed by atoms with Crippen LogP contribution in [0.2, 0.25) is 0 Å². The number of carbonyl (C=O) groups is 2. The van der Waals surface area contributed by atoms with Gasteiger partial charge in [-0.2, -0.15) is 5.26 Å². The molecule has 0 saturated carbocycles. The molecule has 0 spiro atoms. The SMILES string of the molecule is N#Cc1c(CC(=O)/C=C/c2cccnc2)sc2c1CC[C@@H](COC(=O)N1CCC[C@H](O)C1)C2. The molecule has 2 aromatic rings. The van der Waals surface area contributed by atoms with Gasteiger partial charge in [0.1, 0.15) is 6.07 Å². The first-order valence-electron chi connectivity index (χ1n) is 11.3. The first-order valence-corrected chi connectivity index (χ1v) is 12.1. The maximum atomic E-state index is 12.5. The van der Waals surface area contributed by atoms with Crippen molar-refractivity contribution in [2.75, 3.05) is 19.7 Å². The first-order chi connectivity index (χ1) is 16.0. The number of nitrogens with zero attached hydrogens (tertiary/aromatic N) is 3. The molecule has 4 rings (SSSR count). The molecule has 0 radical (unpaired) electrons. The third-order valence-corrected chi connectivity index (χ3v) is 7.38. The Morgan fingerprint density at radius 1 is 1.39 bits per heavy atom. The minimum atomic E-state index is -0.473. The Bertz CT molecular complexity index is 1070. The molecular formula is C25H27N3O4S. The zero-order valence-corrected chi connectivity index (χ0v) is 19.2. The Morgan fingerprint density at radius 3 is 3.03 bits per heavy atom. The van der Waals surface area contributed by atoms with E-state index in [2.05, 4.69) is 11.1 Å². The van der Waals surface area contributed by atoms with Crippen LogP contribution in [-0.4, -0.2) is 52.7 Å². The summed E-state index contributed by atoms with van der Waals surface area (Å²) in [5, 5.41) is 19.5. The lowest BCUT2D eigenvalue weighted by Crippen LogP contribution is -2.42. The third kappa shape index (κ3) is 5.86. The minimum Gasteiger partial charge on any atom is -0.449 e. The first kappa shape index (κ1) is 23.1. The van der Waals surface area contributed by atoms with Gasteiger partial charge >= 0.3 is 6.09 Å². The van der Waals surface area contributed by atoms with E-state index in [-0.39, 0.29) is 24.2 Å². The van der Waals surface area contributed by atoms with E-state index in [1.165, 1.54) is 17.4 Å². The number of ketones is 1. The van der Waals surface area contributed by atoms with Gasteiger partial charge in [-0.15, -0.1) is 11.3 Å². The molecule has 7 nitrogen and oxygen atoms in total. The molecule has 2 aliphatic rings. The van der Waals surface area contributed by atoms with Gasteiger partial charge in [0.25, 0.3) is 0 Å². The molecule has 3 heterocycles. The smallest absolute Gasteiger partial charge is 0.409 e. The Morgan fingerprint density at radius 2 is 2.27 bits per heavy atom. The van der Waals surface area contributed by atoms with Crippen LogP contribution in [0.15, 0.2) is 30.6 Å². The van der Waals surface area contributed by atoms with Gasteiger partial charge < -0.3 is 14.7 Å². The lowest BCUT2D eigenvalue weighted by molar-refractivity contribution is -0.113. The molecule has 1 fully saturated rings. The number of β-amino-alcohol motifs (C(OH)–C–C–N with tert-alkyl or cyclic N) is 1. The number of fused-ring (bicyclic) bond motifs is 1. The predicted octanol–water partition coefficient (Wildman–Crippen LogP) is 3.54. The molecule has 1 amide bonds. The summed E-state index contributed by atoms with van der Waals surface area (Å²) in [5.74, 6) is 0.138. The van der Waals surface area contributed by atoms with E-state index in [1.54, 1.807) is 23.4 Å². The van der Waals surface area contributed by atoms with Gasteiger partial charge in [-0.05, 0) is 67.4 Å². The lowest BCUT2D eigenvalue weighted by Gasteiger charge is -2.30. The van der Waals surface area contributed by atoms with Crippen molar-refractivity contribution in [1.82, 2.24) is 9.88 Å². The molecular weight excluding hydrogens is 438 g/mol. The van der Waals surface area contributed by atoms with Crippen LogP contribution in [-0.2, 0) is 28.8 Å². The number of aromatic nitrogens is 1. The number of likely N-dealkylation sites (tertiary alicyclic amines) is 1. The van der Waals surface area contributed by atoms with E-state index in [1.807, 2.05) is 12.1 Å². The third-order valence-electron chi connectivity index (χ3n) is 6.13. The maximum absolute atomic E-state index is 12.5. The van der Waals surface area contributed by atoms with Crippen LogP contribution in [0.25, 0.3) is 6.08 Å². The van der Waals surface area contributed by atoms with Crippen molar-refractivity contribution in [2.45, 2.75) is 44.6 Å². The normalized spacial score (nSPS) is 20.3. The average molecular weight is 466 g/mol. The largest absolute Gasteiger partial charge is 0.449 e. The van der Waals surface area contributed by atoms with Crippen LogP contribution in [0.4, 0.5) is 4.79 Å². The van der Waals surface area contributed by atoms with Crippen molar-refractivity contribution in [3.8, 4) is 6.07 Å². The van der Waals surface area contributed by atoms with Crippen molar-refractivity contribution in [2.24, 2.45) is 5.92 Å². The highest BCUT2D eigenvalue weighted by molar-refractivity contribution is 7.12. The number of piperidine rings is 1. The van der Waals surface area contributed by atoms with Crippen molar-refractivity contribution < 1.29 is 19.4 Å². The zero-order valence-electron chi connectivity index (χ0n) is 18.4. The van der Waals surface area contributed by atoms with E-state index in [0.717, 1.165) is 53.0 Å². The van der Waals surface area contributed by atoms with E-state index in [9.17, 15) is 20.0 Å². The van der Waals surface area contributed by atoms with E-state index >= 15 is 0 Å². The Balaban J connectivity index is 1.35. The number of carbonyl (C=O) groups excluding carboxylic acids is 2. The quantitative estimate of drug-likeness (QED) is 0.655. The van der Waals surface area contributed by atoms with Gasteiger partial charge in [0.05, 0.1) is 18.3 Å². The second kappa shape index (κ2) is 10.7. The van der Waals surface area contributed by atoms with E-state index < -0.39 is 6.10 Å². The second-order valence-electron chi connectivity index (χ2n) is 8.60. The Hall–Kier alpha value is -3.02. The number of pyridine rings is 1. The van der Waals surface area contributed by atoms with Crippen molar-refractivity contribution in [1.29, 1.82) is 5.26 Å². The molecule has 1 saturated heterocycles. The molecule has 1 N–H and O–H groups in total. The van der Waals surface area contributed by atoms with Gasteiger partial charge in [0, 0.05) is 41.7 Å². The summed E-state index contributed by atoms with van der Waals surface area (Å²) in [5.41, 5.74) is 2.53.